The van der Waals surface area contributed by atoms with Crippen LogP contribution in [0.3, 0.4) is 0 Å². The van der Waals surface area contributed by atoms with Crippen molar-refractivity contribution >= 4 is 42.1 Å². The van der Waals surface area contributed by atoms with Gasteiger partial charge in [0.25, 0.3) is 0 Å². The molecule has 0 saturated carbocycles. The molecule has 0 spiro atoms. The van der Waals surface area contributed by atoms with E-state index in [1.807, 2.05) is 12.1 Å². The van der Waals surface area contributed by atoms with Gasteiger partial charge in [-0.3, -0.25) is 0 Å². The van der Waals surface area contributed by atoms with Gasteiger partial charge in [-0.05, 0) is 0 Å². The van der Waals surface area contributed by atoms with E-state index in [-0.39, 0.29) is 5.48 Å². The van der Waals surface area contributed by atoms with Gasteiger partial charge in [0.1, 0.15) is 0 Å². The van der Waals surface area contributed by atoms with E-state index in [4.69, 9.17) is 11.6 Å². The number of rotatable bonds is 3. The SMILES string of the molecule is Clc1cc[c]([Sn]([c]2ccccc2)[c]2ccccc2)cc1.O. The second kappa shape index (κ2) is 7.64. The Labute approximate surface area is 137 Å². The Morgan fingerprint density at radius 1 is 0.524 bits per heavy atom. The van der Waals surface area contributed by atoms with E-state index in [1.54, 1.807) is 0 Å². The first kappa shape index (κ1) is 16.1. The predicted octanol–water partition coefficient (Wildman–Crippen LogP) is 2.03. The molecular weight excluding hydrogens is 386 g/mol. The van der Waals surface area contributed by atoms with Crippen molar-refractivity contribution in [3.8, 4) is 0 Å². The monoisotopic (exact) mass is 403 g/mol. The van der Waals surface area contributed by atoms with Gasteiger partial charge in [0, 0.05) is 0 Å². The molecule has 1 radical (unpaired) electrons. The second-order valence-corrected chi connectivity index (χ2v) is 12.1. The Kier molecular flexibility index (Phi) is 5.85. The average molecular weight is 402 g/mol. The molecule has 0 unspecified atom stereocenters. The van der Waals surface area contributed by atoms with E-state index >= 15 is 0 Å². The summed E-state index contributed by atoms with van der Waals surface area (Å²) in [6.07, 6.45) is 0. The van der Waals surface area contributed by atoms with Crippen LogP contribution in [0.2, 0.25) is 5.02 Å². The number of hydrogen-bond donors (Lipinski definition) is 0. The largest absolute Gasteiger partial charge is 0.412 e. The summed E-state index contributed by atoms with van der Waals surface area (Å²) in [5.41, 5.74) is 0. The first-order valence-electron chi connectivity index (χ1n) is 6.58. The van der Waals surface area contributed by atoms with Crippen LogP contribution in [0.4, 0.5) is 0 Å². The zero-order valence-corrected chi connectivity index (χ0v) is 15.1. The molecule has 3 aromatic rings. The Balaban J connectivity index is 0.00000161. The van der Waals surface area contributed by atoms with Gasteiger partial charge < -0.3 is 5.48 Å². The molecule has 0 saturated heterocycles. The van der Waals surface area contributed by atoms with Gasteiger partial charge in [-0.15, -0.1) is 0 Å². The molecule has 0 atom stereocenters. The first-order valence-corrected chi connectivity index (χ1v) is 11.2. The van der Waals surface area contributed by atoms with Gasteiger partial charge in [0.05, 0.1) is 0 Å². The fraction of sp³-hybridized carbons (Fsp3) is 0. The molecule has 0 fully saturated rings. The Hall–Kier alpha value is -1.29. The smallest absolute Gasteiger partial charge is 0.412 e. The molecule has 105 valence electrons. The number of benzene rings is 3. The molecule has 0 bridgehead atoms. The predicted molar refractivity (Wildman–Crippen MR) is 92.6 cm³/mol. The van der Waals surface area contributed by atoms with Crippen molar-refractivity contribution in [1.82, 2.24) is 0 Å². The minimum absolute atomic E-state index is 0. The van der Waals surface area contributed by atoms with Gasteiger partial charge in [0.15, 0.2) is 0 Å². The van der Waals surface area contributed by atoms with Crippen LogP contribution in [0.1, 0.15) is 0 Å². The van der Waals surface area contributed by atoms with E-state index in [9.17, 15) is 0 Å². The van der Waals surface area contributed by atoms with Crippen molar-refractivity contribution in [3.05, 3.63) is 90.0 Å². The Morgan fingerprint density at radius 2 is 0.905 bits per heavy atom. The van der Waals surface area contributed by atoms with Crippen molar-refractivity contribution < 1.29 is 5.48 Å². The standard InChI is InChI=1S/C6H4Cl.2C6H5.H2O.Sn/c7-6-4-2-1-3-5-6;2*1-2-4-6-5-3-1;;/h2-5H;2*1-5H;1H2;. The van der Waals surface area contributed by atoms with Crippen molar-refractivity contribution in [2.75, 3.05) is 0 Å². The molecule has 3 aromatic carbocycles. The molecule has 0 aliphatic heterocycles. The molecule has 3 heteroatoms. The molecule has 21 heavy (non-hydrogen) atoms. The van der Waals surface area contributed by atoms with Crippen LogP contribution < -0.4 is 10.7 Å². The normalized spacial score (nSPS) is 10.2. The quantitative estimate of drug-likeness (QED) is 0.601. The minimum atomic E-state index is -2.07. The van der Waals surface area contributed by atoms with Gasteiger partial charge in [-0.2, -0.15) is 0 Å². The molecule has 2 N–H and O–H groups in total. The fourth-order valence-electron chi connectivity index (χ4n) is 2.33. The maximum Gasteiger partial charge on any atom is -0.412 e. The molecule has 1 nitrogen and oxygen atoms in total. The van der Waals surface area contributed by atoms with Crippen molar-refractivity contribution in [1.29, 1.82) is 0 Å². The van der Waals surface area contributed by atoms with Gasteiger partial charge >= 0.3 is 132 Å². The number of halogens is 1. The molecule has 3 rings (SSSR count). The van der Waals surface area contributed by atoms with E-state index < -0.39 is 19.8 Å². The van der Waals surface area contributed by atoms with Crippen molar-refractivity contribution in [3.63, 3.8) is 0 Å². The van der Waals surface area contributed by atoms with Crippen LogP contribution in [0, 0.1) is 0 Å². The summed E-state index contributed by atoms with van der Waals surface area (Å²) in [4.78, 5) is 0. The van der Waals surface area contributed by atoms with Crippen molar-refractivity contribution in [2.24, 2.45) is 0 Å². The summed E-state index contributed by atoms with van der Waals surface area (Å²) in [6.45, 7) is 0. The van der Waals surface area contributed by atoms with Crippen LogP contribution in [0.25, 0.3) is 0 Å². The Morgan fingerprint density at radius 3 is 1.33 bits per heavy atom. The molecule has 0 aliphatic carbocycles. The maximum atomic E-state index is 6.03. The van der Waals surface area contributed by atoms with Gasteiger partial charge in [-0.25, -0.2) is 0 Å². The van der Waals surface area contributed by atoms with Gasteiger partial charge in [-0.1, -0.05) is 0 Å². The third-order valence-corrected chi connectivity index (χ3v) is 11.3. The van der Waals surface area contributed by atoms with Gasteiger partial charge in [0.2, 0.25) is 0 Å². The molecule has 0 aromatic heterocycles. The molecule has 0 aliphatic rings. The van der Waals surface area contributed by atoms with Crippen LogP contribution >= 0.6 is 11.6 Å². The zero-order valence-electron chi connectivity index (χ0n) is 11.5. The van der Waals surface area contributed by atoms with Crippen LogP contribution in [-0.4, -0.2) is 25.2 Å². The van der Waals surface area contributed by atoms with E-state index in [0.29, 0.717) is 0 Å². The molecular formula is C18H16ClOSn. The van der Waals surface area contributed by atoms with Crippen LogP contribution in [0.5, 0.6) is 0 Å². The van der Waals surface area contributed by atoms with Crippen LogP contribution in [0.15, 0.2) is 84.9 Å². The van der Waals surface area contributed by atoms with E-state index in [1.165, 1.54) is 10.7 Å². The topological polar surface area (TPSA) is 31.5 Å². The summed E-state index contributed by atoms with van der Waals surface area (Å²) < 4.78 is 4.43. The minimum Gasteiger partial charge on any atom is -0.412 e. The summed E-state index contributed by atoms with van der Waals surface area (Å²) >= 11 is 3.96. The van der Waals surface area contributed by atoms with Crippen molar-refractivity contribution in [2.45, 2.75) is 0 Å². The maximum absolute atomic E-state index is 6.03. The Bertz CT molecular complexity index is 629. The molecule has 0 heterocycles. The summed E-state index contributed by atoms with van der Waals surface area (Å²) in [5, 5.41) is 0.803. The fourth-order valence-corrected chi connectivity index (χ4v) is 9.73. The third kappa shape index (κ3) is 3.88. The van der Waals surface area contributed by atoms with E-state index in [0.717, 1.165) is 5.02 Å². The summed E-state index contributed by atoms with van der Waals surface area (Å²) in [6, 6.07) is 30.1. The zero-order chi connectivity index (χ0) is 13.8. The molecule has 0 amide bonds. The summed E-state index contributed by atoms with van der Waals surface area (Å²) in [7, 11) is 0. The summed E-state index contributed by atoms with van der Waals surface area (Å²) in [5.74, 6) is 0. The van der Waals surface area contributed by atoms with Crippen LogP contribution in [-0.2, 0) is 0 Å². The second-order valence-electron chi connectivity index (χ2n) is 4.61. The third-order valence-electron chi connectivity index (χ3n) is 3.26. The average Bonchev–Trinajstić information content (AvgIpc) is 2.52. The number of hydrogen-bond acceptors (Lipinski definition) is 0. The van der Waals surface area contributed by atoms with E-state index in [2.05, 4.69) is 72.8 Å². The first-order chi connectivity index (χ1) is 9.84.